The van der Waals surface area contributed by atoms with E-state index in [1.807, 2.05) is 19.0 Å². The standard InChI is InChI=1S/C10H14N4/c1-12-5-6-14(2)10-8-13-4-3-9(10)7-11/h3-4,8,12H,5-6H2,1-2H3. The Morgan fingerprint density at radius 3 is 3.07 bits per heavy atom. The Labute approximate surface area is 84.2 Å². The number of hydrogen-bond donors (Lipinski definition) is 1. The van der Waals surface area contributed by atoms with Gasteiger partial charge in [0.15, 0.2) is 0 Å². The van der Waals surface area contributed by atoms with Crippen LogP contribution in [-0.2, 0) is 0 Å². The van der Waals surface area contributed by atoms with E-state index in [2.05, 4.69) is 16.4 Å². The Morgan fingerprint density at radius 2 is 2.43 bits per heavy atom. The van der Waals surface area contributed by atoms with E-state index >= 15 is 0 Å². The van der Waals surface area contributed by atoms with Crippen LogP contribution < -0.4 is 10.2 Å². The van der Waals surface area contributed by atoms with Gasteiger partial charge in [-0.25, -0.2) is 0 Å². The number of nitrogens with zero attached hydrogens (tertiary/aromatic N) is 3. The van der Waals surface area contributed by atoms with E-state index in [1.165, 1.54) is 0 Å². The first kappa shape index (κ1) is 10.5. The second-order valence-corrected chi connectivity index (χ2v) is 3.03. The zero-order chi connectivity index (χ0) is 10.4. The summed E-state index contributed by atoms with van der Waals surface area (Å²) >= 11 is 0. The van der Waals surface area contributed by atoms with Crippen molar-refractivity contribution in [2.45, 2.75) is 0 Å². The van der Waals surface area contributed by atoms with Gasteiger partial charge < -0.3 is 10.2 Å². The Bertz CT molecular complexity index is 329. The van der Waals surface area contributed by atoms with Crippen LogP contribution in [0, 0.1) is 11.3 Å². The Hall–Kier alpha value is -1.60. The molecule has 0 unspecified atom stereocenters. The van der Waals surface area contributed by atoms with Crippen molar-refractivity contribution in [3.8, 4) is 6.07 Å². The highest BCUT2D eigenvalue weighted by Crippen LogP contribution is 2.15. The van der Waals surface area contributed by atoms with Gasteiger partial charge in [-0.3, -0.25) is 4.98 Å². The number of likely N-dealkylation sites (N-methyl/N-ethyl adjacent to an activating group) is 2. The lowest BCUT2D eigenvalue weighted by Crippen LogP contribution is -2.27. The van der Waals surface area contributed by atoms with Gasteiger partial charge in [0.25, 0.3) is 0 Å². The van der Waals surface area contributed by atoms with E-state index in [4.69, 9.17) is 5.26 Å². The summed E-state index contributed by atoms with van der Waals surface area (Å²) in [4.78, 5) is 6.03. The van der Waals surface area contributed by atoms with Crippen molar-refractivity contribution in [2.75, 3.05) is 32.1 Å². The lowest BCUT2D eigenvalue weighted by molar-refractivity contribution is 0.766. The molecule has 1 aromatic heterocycles. The summed E-state index contributed by atoms with van der Waals surface area (Å²) in [6.45, 7) is 1.74. The molecule has 1 N–H and O–H groups in total. The molecule has 1 rings (SSSR count). The predicted molar refractivity (Wildman–Crippen MR) is 56.1 cm³/mol. The first-order valence-corrected chi connectivity index (χ1v) is 4.49. The Kier molecular flexibility index (Phi) is 3.89. The summed E-state index contributed by atoms with van der Waals surface area (Å²) in [5.74, 6) is 0. The Balaban J connectivity index is 2.79. The van der Waals surface area contributed by atoms with Crippen molar-refractivity contribution in [1.29, 1.82) is 5.26 Å². The van der Waals surface area contributed by atoms with Crippen LogP contribution in [0.15, 0.2) is 18.5 Å². The van der Waals surface area contributed by atoms with Gasteiger partial charge >= 0.3 is 0 Å². The van der Waals surface area contributed by atoms with E-state index < -0.39 is 0 Å². The van der Waals surface area contributed by atoms with Crippen molar-refractivity contribution in [3.05, 3.63) is 24.0 Å². The van der Waals surface area contributed by atoms with Gasteiger partial charge in [0, 0.05) is 26.3 Å². The highest BCUT2D eigenvalue weighted by atomic mass is 15.1. The number of anilines is 1. The fourth-order valence-corrected chi connectivity index (χ4v) is 1.18. The first-order chi connectivity index (χ1) is 6.79. The van der Waals surface area contributed by atoms with Crippen molar-refractivity contribution in [3.63, 3.8) is 0 Å². The zero-order valence-electron chi connectivity index (χ0n) is 8.49. The van der Waals surface area contributed by atoms with Gasteiger partial charge in [-0.2, -0.15) is 5.26 Å². The number of hydrogen-bond acceptors (Lipinski definition) is 4. The van der Waals surface area contributed by atoms with Gasteiger partial charge in [0.2, 0.25) is 0 Å². The molecule has 0 saturated carbocycles. The molecule has 74 valence electrons. The molecule has 0 spiro atoms. The summed E-state index contributed by atoms with van der Waals surface area (Å²) in [6.07, 6.45) is 3.35. The molecule has 4 heteroatoms. The highest BCUT2D eigenvalue weighted by molar-refractivity contribution is 5.56. The smallest absolute Gasteiger partial charge is 0.101 e. The van der Waals surface area contributed by atoms with E-state index in [0.717, 1.165) is 18.8 Å². The van der Waals surface area contributed by atoms with Crippen LogP contribution in [0.3, 0.4) is 0 Å². The number of nitriles is 1. The van der Waals surface area contributed by atoms with Gasteiger partial charge in [-0.1, -0.05) is 0 Å². The minimum Gasteiger partial charge on any atom is -0.371 e. The maximum atomic E-state index is 8.87. The van der Waals surface area contributed by atoms with Crippen molar-refractivity contribution in [1.82, 2.24) is 10.3 Å². The molecule has 0 amide bonds. The van der Waals surface area contributed by atoms with Crippen LogP contribution in [-0.4, -0.2) is 32.2 Å². The molecule has 0 atom stereocenters. The summed E-state index contributed by atoms with van der Waals surface area (Å²) in [6, 6.07) is 3.88. The van der Waals surface area contributed by atoms with E-state index in [9.17, 15) is 0 Å². The van der Waals surface area contributed by atoms with E-state index in [-0.39, 0.29) is 0 Å². The molecular weight excluding hydrogens is 176 g/mol. The fourth-order valence-electron chi connectivity index (χ4n) is 1.18. The molecule has 4 nitrogen and oxygen atoms in total. The number of rotatable bonds is 4. The van der Waals surface area contributed by atoms with Crippen molar-refractivity contribution < 1.29 is 0 Å². The van der Waals surface area contributed by atoms with Crippen LogP contribution in [0.4, 0.5) is 5.69 Å². The number of aromatic nitrogens is 1. The molecule has 1 aromatic rings. The first-order valence-electron chi connectivity index (χ1n) is 4.49. The SMILES string of the molecule is CNCCN(C)c1cnccc1C#N. The second kappa shape index (κ2) is 5.20. The highest BCUT2D eigenvalue weighted by Gasteiger charge is 2.05. The molecule has 0 saturated heterocycles. The van der Waals surface area contributed by atoms with Gasteiger partial charge in [-0.15, -0.1) is 0 Å². The van der Waals surface area contributed by atoms with Crippen LogP contribution in [0.5, 0.6) is 0 Å². The summed E-state index contributed by atoms with van der Waals surface area (Å²) in [5, 5.41) is 11.9. The van der Waals surface area contributed by atoms with Gasteiger partial charge in [0.1, 0.15) is 6.07 Å². The summed E-state index contributed by atoms with van der Waals surface area (Å²) < 4.78 is 0. The maximum absolute atomic E-state index is 8.87. The molecule has 0 bridgehead atoms. The predicted octanol–water partition coefficient (Wildman–Crippen LogP) is 0.609. The number of pyridine rings is 1. The van der Waals surface area contributed by atoms with Crippen molar-refractivity contribution in [2.24, 2.45) is 0 Å². The third-order valence-corrected chi connectivity index (χ3v) is 2.03. The summed E-state index contributed by atoms with van der Waals surface area (Å²) in [5.41, 5.74) is 1.55. The maximum Gasteiger partial charge on any atom is 0.101 e. The average molecular weight is 190 g/mol. The number of nitrogens with one attached hydrogen (secondary N) is 1. The van der Waals surface area contributed by atoms with E-state index in [1.54, 1.807) is 18.5 Å². The molecule has 0 aliphatic rings. The minimum absolute atomic E-state index is 0.665. The third-order valence-electron chi connectivity index (χ3n) is 2.03. The quantitative estimate of drug-likeness (QED) is 0.755. The van der Waals surface area contributed by atoms with Crippen LogP contribution in [0.1, 0.15) is 5.56 Å². The second-order valence-electron chi connectivity index (χ2n) is 3.03. The monoisotopic (exact) mass is 190 g/mol. The van der Waals surface area contributed by atoms with E-state index in [0.29, 0.717) is 5.56 Å². The molecule has 14 heavy (non-hydrogen) atoms. The molecule has 0 fully saturated rings. The largest absolute Gasteiger partial charge is 0.371 e. The van der Waals surface area contributed by atoms with Crippen LogP contribution in [0.2, 0.25) is 0 Å². The van der Waals surface area contributed by atoms with Crippen LogP contribution >= 0.6 is 0 Å². The Morgan fingerprint density at radius 1 is 1.64 bits per heavy atom. The molecule has 0 aliphatic carbocycles. The molecule has 0 aromatic carbocycles. The lowest BCUT2D eigenvalue weighted by Gasteiger charge is -2.19. The van der Waals surface area contributed by atoms with Gasteiger partial charge in [-0.05, 0) is 13.1 Å². The summed E-state index contributed by atoms with van der Waals surface area (Å²) in [7, 11) is 3.86. The zero-order valence-corrected chi connectivity index (χ0v) is 8.49. The molecule has 0 aliphatic heterocycles. The van der Waals surface area contributed by atoms with Crippen molar-refractivity contribution >= 4 is 5.69 Å². The van der Waals surface area contributed by atoms with Crippen LogP contribution in [0.25, 0.3) is 0 Å². The molecular formula is C10H14N4. The fraction of sp³-hybridized carbons (Fsp3) is 0.400. The van der Waals surface area contributed by atoms with Gasteiger partial charge in [0.05, 0.1) is 17.4 Å². The molecule has 1 heterocycles. The third kappa shape index (κ3) is 2.44. The molecule has 0 radical (unpaired) electrons. The average Bonchev–Trinajstić information content (AvgIpc) is 2.25. The normalized spacial score (nSPS) is 9.50. The topological polar surface area (TPSA) is 52.0 Å². The lowest BCUT2D eigenvalue weighted by atomic mass is 10.2. The minimum atomic E-state index is 0.665.